The number of nitrogens with one attached hydrogen (secondary N) is 1. The molecule has 1 aromatic carbocycles. The molecule has 6 nitrogen and oxygen atoms in total. The standard InChI is InChI=1S/C10H11NO5S/c1-6(12)7-3-4-9(11-17(2,15)16)8(5-7)10(13)14/h3-5,11H,1-2H3,(H,13,14). The minimum absolute atomic E-state index is 0.0648. The molecule has 0 spiro atoms. The van der Waals surface area contributed by atoms with Gasteiger partial charge in [0.25, 0.3) is 0 Å². The number of ketones is 1. The van der Waals surface area contributed by atoms with Crippen molar-refractivity contribution in [1.29, 1.82) is 0 Å². The van der Waals surface area contributed by atoms with Gasteiger partial charge in [0.2, 0.25) is 10.0 Å². The number of hydrogen-bond acceptors (Lipinski definition) is 4. The zero-order chi connectivity index (χ0) is 13.2. The number of sulfonamides is 1. The average molecular weight is 257 g/mol. The van der Waals surface area contributed by atoms with Crippen molar-refractivity contribution >= 4 is 27.5 Å². The van der Waals surface area contributed by atoms with Crippen molar-refractivity contribution in [1.82, 2.24) is 0 Å². The summed E-state index contributed by atoms with van der Waals surface area (Å²) in [5, 5.41) is 8.92. The Balaban J connectivity index is 3.32. The maximum absolute atomic E-state index is 11.1. The average Bonchev–Trinajstić information content (AvgIpc) is 2.14. The Kier molecular flexibility index (Phi) is 3.52. The van der Waals surface area contributed by atoms with Gasteiger partial charge in [0.05, 0.1) is 17.5 Å². The van der Waals surface area contributed by atoms with Crippen LogP contribution in [-0.2, 0) is 10.0 Å². The number of hydrogen-bond donors (Lipinski definition) is 2. The van der Waals surface area contributed by atoms with Crippen LogP contribution in [-0.4, -0.2) is 31.5 Å². The SMILES string of the molecule is CC(=O)c1ccc(NS(C)(=O)=O)c(C(=O)O)c1. The Bertz CT molecular complexity index is 576. The molecule has 7 heteroatoms. The van der Waals surface area contributed by atoms with E-state index < -0.39 is 16.0 Å². The largest absolute Gasteiger partial charge is 0.478 e. The fraction of sp³-hybridized carbons (Fsp3) is 0.200. The molecule has 0 atom stereocenters. The highest BCUT2D eigenvalue weighted by atomic mass is 32.2. The van der Waals surface area contributed by atoms with Gasteiger partial charge in [-0.1, -0.05) is 0 Å². The molecule has 17 heavy (non-hydrogen) atoms. The van der Waals surface area contributed by atoms with Crippen LogP contribution in [0.2, 0.25) is 0 Å². The van der Waals surface area contributed by atoms with Gasteiger partial charge in [-0.25, -0.2) is 13.2 Å². The van der Waals surface area contributed by atoms with E-state index in [1.54, 1.807) is 0 Å². The summed E-state index contributed by atoms with van der Waals surface area (Å²) in [4.78, 5) is 22.0. The van der Waals surface area contributed by atoms with Gasteiger partial charge in [-0.3, -0.25) is 9.52 Å². The first kappa shape index (κ1) is 13.2. The fourth-order valence-corrected chi connectivity index (χ4v) is 1.81. The van der Waals surface area contributed by atoms with Crippen LogP contribution in [0, 0.1) is 0 Å². The number of anilines is 1. The highest BCUT2D eigenvalue weighted by Crippen LogP contribution is 2.19. The maximum atomic E-state index is 11.1. The van der Waals surface area contributed by atoms with Gasteiger partial charge >= 0.3 is 5.97 Å². The van der Waals surface area contributed by atoms with Crippen molar-refractivity contribution in [3.63, 3.8) is 0 Å². The number of benzene rings is 1. The lowest BCUT2D eigenvalue weighted by Gasteiger charge is -2.08. The molecule has 0 saturated carbocycles. The van der Waals surface area contributed by atoms with Crippen molar-refractivity contribution in [3.05, 3.63) is 29.3 Å². The summed E-state index contributed by atoms with van der Waals surface area (Å²) in [5.41, 5.74) is -0.116. The third kappa shape index (κ3) is 3.56. The van der Waals surface area contributed by atoms with Crippen LogP contribution in [0.5, 0.6) is 0 Å². The van der Waals surface area contributed by atoms with E-state index in [0.717, 1.165) is 12.3 Å². The van der Waals surface area contributed by atoms with Crippen molar-refractivity contribution in [2.75, 3.05) is 11.0 Å². The van der Waals surface area contributed by atoms with Gasteiger partial charge in [0.15, 0.2) is 5.78 Å². The topological polar surface area (TPSA) is 101 Å². The predicted octanol–water partition coefficient (Wildman–Crippen LogP) is 0.959. The molecule has 0 amide bonds. The van der Waals surface area contributed by atoms with E-state index in [9.17, 15) is 18.0 Å². The molecule has 0 heterocycles. The summed E-state index contributed by atoms with van der Waals surface area (Å²) < 4.78 is 24.1. The molecule has 0 aromatic heterocycles. The van der Waals surface area contributed by atoms with Crippen LogP contribution in [0.1, 0.15) is 27.6 Å². The molecular weight excluding hydrogens is 246 g/mol. The first-order valence-corrected chi connectivity index (χ1v) is 6.46. The Labute approximate surface area is 98.3 Å². The highest BCUT2D eigenvalue weighted by Gasteiger charge is 2.15. The Hall–Kier alpha value is -1.89. The Morgan fingerprint density at radius 2 is 1.88 bits per heavy atom. The van der Waals surface area contributed by atoms with Crippen molar-refractivity contribution in [2.45, 2.75) is 6.92 Å². The number of carbonyl (C=O) groups excluding carboxylic acids is 1. The lowest BCUT2D eigenvalue weighted by Crippen LogP contribution is -2.13. The second kappa shape index (κ2) is 4.54. The smallest absolute Gasteiger partial charge is 0.337 e. The normalized spacial score (nSPS) is 10.9. The summed E-state index contributed by atoms with van der Waals surface area (Å²) in [5.74, 6) is -1.60. The molecule has 1 aromatic rings. The molecular formula is C10H11NO5S. The quantitative estimate of drug-likeness (QED) is 0.782. The number of carbonyl (C=O) groups is 2. The van der Waals surface area contributed by atoms with Crippen LogP contribution < -0.4 is 4.72 Å². The number of carboxylic acids is 1. The summed E-state index contributed by atoms with van der Waals surface area (Å²) in [7, 11) is -3.56. The molecule has 0 unspecified atom stereocenters. The van der Waals surface area contributed by atoms with Crippen molar-refractivity contribution < 1.29 is 23.1 Å². The number of aromatic carboxylic acids is 1. The van der Waals surface area contributed by atoms with Crippen LogP contribution in [0.3, 0.4) is 0 Å². The third-order valence-corrected chi connectivity index (χ3v) is 2.54. The Morgan fingerprint density at radius 1 is 1.29 bits per heavy atom. The molecule has 0 saturated heterocycles. The Morgan fingerprint density at radius 3 is 2.29 bits per heavy atom. The minimum Gasteiger partial charge on any atom is -0.478 e. The van der Waals surface area contributed by atoms with Gasteiger partial charge in [-0.05, 0) is 25.1 Å². The zero-order valence-corrected chi connectivity index (χ0v) is 10.0. The van der Waals surface area contributed by atoms with E-state index in [-0.39, 0.29) is 22.6 Å². The maximum Gasteiger partial charge on any atom is 0.337 e. The molecule has 0 aliphatic heterocycles. The van der Waals surface area contributed by atoms with E-state index in [1.807, 2.05) is 0 Å². The van der Waals surface area contributed by atoms with Crippen LogP contribution in [0.25, 0.3) is 0 Å². The van der Waals surface area contributed by atoms with E-state index in [2.05, 4.69) is 4.72 Å². The van der Waals surface area contributed by atoms with Gasteiger partial charge in [-0.15, -0.1) is 0 Å². The second-order valence-electron chi connectivity index (χ2n) is 3.50. The van der Waals surface area contributed by atoms with E-state index in [0.29, 0.717) is 0 Å². The zero-order valence-electron chi connectivity index (χ0n) is 9.22. The molecule has 2 N–H and O–H groups in total. The van der Waals surface area contributed by atoms with Crippen molar-refractivity contribution in [3.8, 4) is 0 Å². The van der Waals surface area contributed by atoms with E-state index in [1.165, 1.54) is 19.1 Å². The summed E-state index contributed by atoms with van der Waals surface area (Å²) in [6.45, 7) is 1.30. The van der Waals surface area contributed by atoms with E-state index in [4.69, 9.17) is 5.11 Å². The highest BCUT2D eigenvalue weighted by molar-refractivity contribution is 7.92. The number of Topliss-reactive ketones (excluding diaryl/α,β-unsaturated/α-hetero) is 1. The van der Waals surface area contributed by atoms with Gasteiger partial charge in [0.1, 0.15) is 0 Å². The van der Waals surface area contributed by atoms with Crippen LogP contribution >= 0.6 is 0 Å². The predicted molar refractivity (Wildman–Crippen MR) is 61.9 cm³/mol. The second-order valence-corrected chi connectivity index (χ2v) is 5.24. The first-order valence-electron chi connectivity index (χ1n) is 4.57. The third-order valence-electron chi connectivity index (χ3n) is 1.95. The minimum atomic E-state index is -3.56. The summed E-state index contributed by atoms with van der Waals surface area (Å²) in [6.07, 6.45) is 0.914. The molecule has 0 radical (unpaired) electrons. The number of carboxylic acid groups (broad SMARTS) is 1. The molecule has 0 fully saturated rings. The molecule has 0 aliphatic carbocycles. The first-order chi connectivity index (χ1) is 7.70. The van der Waals surface area contributed by atoms with Crippen LogP contribution in [0.15, 0.2) is 18.2 Å². The summed E-state index contributed by atoms with van der Waals surface area (Å²) in [6, 6.07) is 3.75. The van der Waals surface area contributed by atoms with E-state index >= 15 is 0 Å². The molecule has 0 aliphatic rings. The lowest BCUT2D eigenvalue weighted by atomic mass is 10.1. The fourth-order valence-electron chi connectivity index (χ4n) is 1.23. The van der Waals surface area contributed by atoms with Crippen LogP contribution in [0.4, 0.5) is 5.69 Å². The molecule has 1 rings (SSSR count). The molecule has 0 bridgehead atoms. The number of rotatable bonds is 4. The van der Waals surface area contributed by atoms with Gasteiger partial charge < -0.3 is 5.11 Å². The monoisotopic (exact) mass is 257 g/mol. The van der Waals surface area contributed by atoms with Gasteiger partial charge in [0, 0.05) is 5.56 Å². The summed E-state index contributed by atoms with van der Waals surface area (Å²) >= 11 is 0. The van der Waals surface area contributed by atoms with Gasteiger partial charge in [-0.2, -0.15) is 0 Å². The molecule has 92 valence electrons. The lowest BCUT2D eigenvalue weighted by molar-refractivity contribution is 0.0698. The van der Waals surface area contributed by atoms with Crippen molar-refractivity contribution in [2.24, 2.45) is 0 Å².